The third kappa shape index (κ3) is 4.96. The number of nitrogens with zero attached hydrogens (tertiary/aromatic N) is 1. The molecular formula is C24H27N3O5. The first-order valence-electron chi connectivity index (χ1n) is 10.6. The third-order valence-corrected chi connectivity index (χ3v) is 5.44. The minimum absolute atomic E-state index is 0.0741. The SMILES string of the molecule is COc1ccc(C2=CCC(=O)N(CCC(=O)NC(C)c3ccc4c(c3)OCCO4)N2)cc1. The number of carbonyl (C=O) groups is 2. The van der Waals surface area contributed by atoms with Gasteiger partial charge in [0.15, 0.2) is 11.5 Å². The van der Waals surface area contributed by atoms with E-state index in [1.54, 1.807) is 7.11 Å². The van der Waals surface area contributed by atoms with Crippen LogP contribution in [0.2, 0.25) is 0 Å². The van der Waals surface area contributed by atoms with E-state index in [4.69, 9.17) is 14.2 Å². The van der Waals surface area contributed by atoms with Crippen LogP contribution in [0.5, 0.6) is 17.2 Å². The minimum atomic E-state index is -0.196. The predicted molar refractivity (Wildman–Crippen MR) is 119 cm³/mol. The number of carbonyl (C=O) groups excluding carboxylic acids is 2. The van der Waals surface area contributed by atoms with Crippen molar-refractivity contribution in [3.8, 4) is 17.2 Å². The molecule has 0 fully saturated rings. The van der Waals surface area contributed by atoms with Crippen LogP contribution in [0.3, 0.4) is 0 Å². The number of hydrogen-bond donors (Lipinski definition) is 2. The van der Waals surface area contributed by atoms with Crippen molar-refractivity contribution in [2.45, 2.75) is 25.8 Å². The summed E-state index contributed by atoms with van der Waals surface area (Å²) in [5.74, 6) is 1.96. The number of ether oxygens (including phenoxy) is 3. The summed E-state index contributed by atoms with van der Waals surface area (Å²) in [6.07, 6.45) is 2.32. The van der Waals surface area contributed by atoms with Crippen molar-refractivity contribution in [2.24, 2.45) is 0 Å². The maximum absolute atomic E-state index is 12.5. The van der Waals surface area contributed by atoms with Gasteiger partial charge in [0.05, 0.1) is 25.4 Å². The molecule has 2 aliphatic rings. The molecule has 0 saturated heterocycles. The third-order valence-electron chi connectivity index (χ3n) is 5.44. The molecule has 32 heavy (non-hydrogen) atoms. The van der Waals surface area contributed by atoms with Crippen molar-refractivity contribution in [1.82, 2.24) is 15.8 Å². The molecule has 0 spiro atoms. The number of methoxy groups -OCH3 is 1. The van der Waals surface area contributed by atoms with Gasteiger partial charge in [-0.05, 0) is 60.5 Å². The zero-order chi connectivity index (χ0) is 22.5. The van der Waals surface area contributed by atoms with Gasteiger partial charge in [-0.2, -0.15) is 0 Å². The Kier molecular flexibility index (Phi) is 6.49. The fraction of sp³-hybridized carbons (Fsp3) is 0.333. The van der Waals surface area contributed by atoms with Gasteiger partial charge in [-0.3, -0.25) is 20.0 Å². The Balaban J connectivity index is 1.31. The molecule has 2 heterocycles. The van der Waals surface area contributed by atoms with E-state index in [-0.39, 0.29) is 37.2 Å². The summed E-state index contributed by atoms with van der Waals surface area (Å²) in [7, 11) is 1.62. The van der Waals surface area contributed by atoms with E-state index < -0.39 is 0 Å². The molecule has 2 aliphatic heterocycles. The van der Waals surface area contributed by atoms with Gasteiger partial charge in [-0.25, -0.2) is 0 Å². The van der Waals surface area contributed by atoms with Crippen molar-refractivity contribution in [3.63, 3.8) is 0 Å². The van der Waals surface area contributed by atoms with E-state index in [1.807, 2.05) is 55.5 Å². The Hall–Kier alpha value is -3.68. The highest BCUT2D eigenvalue weighted by Crippen LogP contribution is 2.32. The largest absolute Gasteiger partial charge is 0.497 e. The summed E-state index contributed by atoms with van der Waals surface area (Å²) in [4.78, 5) is 24.8. The molecule has 0 bridgehead atoms. The quantitative estimate of drug-likeness (QED) is 0.693. The van der Waals surface area contributed by atoms with Crippen LogP contribution in [0.15, 0.2) is 48.5 Å². The smallest absolute Gasteiger partial charge is 0.244 e. The van der Waals surface area contributed by atoms with Crippen molar-refractivity contribution in [3.05, 3.63) is 59.7 Å². The van der Waals surface area contributed by atoms with E-state index in [1.165, 1.54) is 5.01 Å². The fourth-order valence-electron chi connectivity index (χ4n) is 3.63. The van der Waals surface area contributed by atoms with Crippen LogP contribution in [-0.4, -0.2) is 43.7 Å². The molecule has 2 amide bonds. The standard InChI is InChI=1S/C24H27N3O5/c1-16(18-5-9-21-22(15-18)32-14-13-31-21)25-23(28)11-12-27-24(29)10-8-20(26-27)17-3-6-19(30-2)7-4-17/h3-9,15-16,26H,10-14H2,1-2H3,(H,25,28). The number of hydrazine groups is 1. The monoisotopic (exact) mass is 437 g/mol. The molecular weight excluding hydrogens is 410 g/mol. The molecule has 1 unspecified atom stereocenters. The molecule has 0 radical (unpaired) electrons. The average Bonchev–Trinajstić information content (AvgIpc) is 2.83. The lowest BCUT2D eigenvalue weighted by Crippen LogP contribution is -2.46. The number of hydrogen-bond acceptors (Lipinski definition) is 6. The van der Waals surface area contributed by atoms with Crippen LogP contribution in [0.1, 0.15) is 36.9 Å². The number of fused-ring (bicyclic) bond motifs is 1. The Bertz CT molecular complexity index is 1020. The summed E-state index contributed by atoms with van der Waals surface area (Å²) < 4.78 is 16.3. The Morgan fingerprint density at radius 2 is 1.91 bits per heavy atom. The minimum Gasteiger partial charge on any atom is -0.497 e. The summed E-state index contributed by atoms with van der Waals surface area (Å²) >= 11 is 0. The molecule has 0 aliphatic carbocycles. The molecule has 168 valence electrons. The van der Waals surface area contributed by atoms with Crippen molar-refractivity contribution >= 4 is 17.5 Å². The van der Waals surface area contributed by atoms with Crippen LogP contribution >= 0.6 is 0 Å². The van der Waals surface area contributed by atoms with Crippen LogP contribution in [0.25, 0.3) is 5.70 Å². The topological polar surface area (TPSA) is 89.1 Å². The van der Waals surface area contributed by atoms with Gasteiger partial charge in [0.2, 0.25) is 11.8 Å². The van der Waals surface area contributed by atoms with E-state index in [9.17, 15) is 9.59 Å². The lowest BCUT2D eigenvalue weighted by Gasteiger charge is -2.29. The zero-order valence-corrected chi connectivity index (χ0v) is 18.2. The number of rotatable bonds is 7. The predicted octanol–water partition coefficient (Wildman–Crippen LogP) is 2.81. The summed E-state index contributed by atoms with van der Waals surface area (Å²) in [5.41, 5.74) is 5.83. The molecule has 4 rings (SSSR count). The van der Waals surface area contributed by atoms with Crippen molar-refractivity contribution in [2.75, 3.05) is 26.9 Å². The van der Waals surface area contributed by atoms with Crippen LogP contribution in [0.4, 0.5) is 0 Å². The lowest BCUT2D eigenvalue weighted by molar-refractivity contribution is -0.133. The van der Waals surface area contributed by atoms with Gasteiger partial charge < -0.3 is 19.5 Å². The lowest BCUT2D eigenvalue weighted by atomic mass is 10.1. The highest BCUT2D eigenvalue weighted by atomic mass is 16.6. The Labute approximate surface area is 187 Å². The highest BCUT2D eigenvalue weighted by molar-refractivity contribution is 5.84. The normalized spacial score (nSPS) is 16.0. The first kappa shape index (κ1) is 21.5. The van der Waals surface area contributed by atoms with Gasteiger partial charge in [-0.1, -0.05) is 6.07 Å². The van der Waals surface area contributed by atoms with Gasteiger partial charge in [0.1, 0.15) is 19.0 Å². The Morgan fingerprint density at radius 1 is 1.16 bits per heavy atom. The first-order chi connectivity index (χ1) is 15.5. The molecule has 2 aromatic carbocycles. The second-order valence-electron chi connectivity index (χ2n) is 7.65. The fourth-order valence-corrected chi connectivity index (χ4v) is 3.63. The molecule has 1 atom stereocenters. The molecule has 0 saturated carbocycles. The van der Waals surface area contributed by atoms with Gasteiger partial charge >= 0.3 is 0 Å². The molecule has 0 aromatic heterocycles. The summed E-state index contributed by atoms with van der Waals surface area (Å²) in [5, 5.41) is 4.48. The second-order valence-corrected chi connectivity index (χ2v) is 7.65. The number of nitrogens with one attached hydrogen (secondary N) is 2. The van der Waals surface area contributed by atoms with Crippen LogP contribution in [0, 0.1) is 0 Å². The van der Waals surface area contributed by atoms with Crippen LogP contribution < -0.4 is 25.0 Å². The van der Waals surface area contributed by atoms with Crippen molar-refractivity contribution in [1.29, 1.82) is 0 Å². The van der Waals surface area contributed by atoms with E-state index in [2.05, 4.69) is 10.7 Å². The van der Waals surface area contributed by atoms with E-state index in [0.29, 0.717) is 24.7 Å². The van der Waals surface area contributed by atoms with E-state index >= 15 is 0 Å². The zero-order valence-electron chi connectivity index (χ0n) is 18.2. The molecule has 8 heteroatoms. The maximum Gasteiger partial charge on any atom is 0.244 e. The van der Waals surface area contributed by atoms with Gasteiger partial charge in [-0.15, -0.1) is 0 Å². The number of benzene rings is 2. The molecule has 2 aromatic rings. The maximum atomic E-state index is 12.5. The van der Waals surface area contributed by atoms with Gasteiger partial charge in [0.25, 0.3) is 0 Å². The van der Waals surface area contributed by atoms with Crippen molar-refractivity contribution < 1.29 is 23.8 Å². The number of amides is 2. The second kappa shape index (κ2) is 9.64. The first-order valence-corrected chi connectivity index (χ1v) is 10.6. The summed E-state index contributed by atoms with van der Waals surface area (Å²) in [6, 6.07) is 13.0. The summed E-state index contributed by atoms with van der Waals surface area (Å²) in [6.45, 7) is 3.24. The van der Waals surface area contributed by atoms with E-state index in [0.717, 1.165) is 22.6 Å². The highest BCUT2D eigenvalue weighted by Gasteiger charge is 2.21. The average molecular weight is 437 g/mol. The Morgan fingerprint density at radius 3 is 2.66 bits per heavy atom. The molecule has 8 nitrogen and oxygen atoms in total. The van der Waals surface area contributed by atoms with Gasteiger partial charge in [0, 0.05) is 12.8 Å². The molecule has 2 N–H and O–H groups in total. The van der Waals surface area contributed by atoms with Crippen LogP contribution in [-0.2, 0) is 9.59 Å².